The van der Waals surface area contributed by atoms with Crippen molar-refractivity contribution in [2.45, 2.75) is 6.61 Å². The number of piperazine rings is 1. The zero-order chi connectivity index (χ0) is 21.6. The topological polar surface area (TPSA) is 69.5 Å². The molecule has 1 aliphatic heterocycles. The van der Waals surface area contributed by atoms with E-state index in [2.05, 4.69) is 16.0 Å². The number of carbonyl (C=O) groups excluding carboxylic acids is 1. The fourth-order valence-corrected chi connectivity index (χ4v) is 3.62. The van der Waals surface area contributed by atoms with Crippen molar-refractivity contribution in [3.8, 4) is 11.8 Å². The highest BCUT2D eigenvalue weighted by Crippen LogP contribution is 2.20. The molecule has 1 amide bonds. The third kappa shape index (κ3) is 4.96. The minimum atomic E-state index is -0.0217. The van der Waals surface area contributed by atoms with Crippen molar-refractivity contribution in [2.24, 2.45) is 0 Å². The second-order valence-corrected chi connectivity index (χ2v) is 7.64. The van der Waals surface area contributed by atoms with Crippen molar-refractivity contribution in [3.63, 3.8) is 0 Å². The van der Waals surface area contributed by atoms with E-state index in [0.717, 1.165) is 11.4 Å². The number of hydrogen-bond acceptors (Lipinski definition) is 5. The predicted molar refractivity (Wildman–Crippen MR) is 119 cm³/mol. The van der Waals surface area contributed by atoms with Crippen molar-refractivity contribution in [1.29, 1.82) is 5.26 Å². The summed E-state index contributed by atoms with van der Waals surface area (Å²) >= 11 is 5.91. The Morgan fingerprint density at radius 3 is 2.61 bits per heavy atom. The molecule has 0 saturated carbocycles. The van der Waals surface area contributed by atoms with Crippen molar-refractivity contribution < 1.29 is 9.53 Å². The molecule has 31 heavy (non-hydrogen) atoms. The van der Waals surface area contributed by atoms with Crippen LogP contribution in [0.5, 0.6) is 5.75 Å². The Morgan fingerprint density at radius 1 is 1.06 bits per heavy atom. The van der Waals surface area contributed by atoms with Crippen LogP contribution in [-0.4, -0.2) is 42.0 Å². The molecule has 7 heteroatoms. The molecule has 6 nitrogen and oxygen atoms in total. The second-order valence-electron chi connectivity index (χ2n) is 7.20. The van der Waals surface area contributed by atoms with Crippen molar-refractivity contribution >= 4 is 23.3 Å². The molecule has 1 aliphatic rings. The van der Waals surface area contributed by atoms with Gasteiger partial charge in [-0.1, -0.05) is 35.9 Å². The first-order valence-electron chi connectivity index (χ1n) is 10.0. The SMILES string of the molecule is N#Cc1ccccc1COc1cccc(C(=O)N2CCN(c3ccc(Cl)cn3)CC2)c1. The van der Waals surface area contributed by atoms with E-state index >= 15 is 0 Å². The van der Waals surface area contributed by atoms with Crippen LogP contribution in [0.3, 0.4) is 0 Å². The quantitative estimate of drug-likeness (QED) is 0.605. The Labute approximate surface area is 186 Å². The lowest BCUT2D eigenvalue weighted by molar-refractivity contribution is 0.0746. The van der Waals surface area contributed by atoms with E-state index < -0.39 is 0 Å². The molecule has 1 aromatic heterocycles. The van der Waals surface area contributed by atoms with E-state index in [-0.39, 0.29) is 12.5 Å². The number of pyridine rings is 1. The number of nitriles is 1. The van der Waals surface area contributed by atoms with E-state index in [1.54, 1.807) is 24.4 Å². The summed E-state index contributed by atoms with van der Waals surface area (Å²) in [6, 6.07) is 20.4. The van der Waals surface area contributed by atoms with Gasteiger partial charge in [-0.15, -0.1) is 0 Å². The Balaban J connectivity index is 1.37. The van der Waals surface area contributed by atoms with Crippen LogP contribution in [0.4, 0.5) is 5.82 Å². The first kappa shape index (κ1) is 20.7. The van der Waals surface area contributed by atoms with E-state index in [0.29, 0.717) is 48.1 Å². The maximum atomic E-state index is 13.0. The van der Waals surface area contributed by atoms with E-state index in [1.807, 2.05) is 47.4 Å². The summed E-state index contributed by atoms with van der Waals surface area (Å²) in [5, 5.41) is 9.82. The van der Waals surface area contributed by atoms with Gasteiger partial charge in [0.1, 0.15) is 18.2 Å². The predicted octanol–water partition coefficient (Wildman–Crippen LogP) is 4.15. The average molecular weight is 433 g/mol. The van der Waals surface area contributed by atoms with Crippen LogP contribution >= 0.6 is 11.6 Å². The minimum absolute atomic E-state index is 0.0217. The summed E-state index contributed by atoms with van der Waals surface area (Å²) in [4.78, 5) is 21.3. The van der Waals surface area contributed by atoms with Crippen LogP contribution in [0, 0.1) is 11.3 Å². The van der Waals surface area contributed by atoms with Gasteiger partial charge in [0.25, 0.3) is 5.91 Å². The summed E-state index contributed by atoms with van der Waals surface area (Å²) in [5.74, 6) is 1.44. The molecule has 1 fully saturated rings. The first-order chi connectivity index (χ1) is 15.1. The van der Waals surface area contributed by atoms with Crippen LogP contribution in [-0.2, 0) is 6.61 Å². The number of amides is 1. The summed E-state index contributed by atoms with van der Waals surface area (Å²) < 4.78 is 5.85. The number of hydrogen-bond donors (Lipinski definition) is 0. The smallest absolute Gasteiger partial charge is 0.254 e. The lowest BCUT2D eigenvalue weighted by Crippen LogP contribution is -2.49. The molecule has 156 valence electrons. The molecule has 0 unspecified atom stereocenters. The molecule has 0 aliphatic carbocycles. The van der Waals surface area contributed by atoms with E-state index in [4.69, 9.17) is 16.3 Å². The molecule has 0 atom stereocenters. The summed E-state index contributed by atoms with van der Waals surface area (Å²) in [6.45, 7) is 2.92. The van der Waals surface area contributed by atoms with Gasteiger partial charge >= 0.3 is 0 Å². The maximum Gasteiger partial charge on any atom is 0.254 e. The normalized spacial score (nSPS) is 13.5. The molecule has 3 aromatic rings. The highest BCUT2D eigenvalue weighted by Gasteiger charge is 2.23. The molecule has 0 N–H and O–H groups in total. The Hall–Kier alpha value is -3.56. The van der Waals surface area contributed by atoms with Crippen molar-refractivity contribution in [1.82, 2.24) is 9.88 Å². The van der Waals surface area contributed by atoms with E-state index in [9.17, 15) is 10.1 Å². The number of rotatable bonds is 5. The third-order valence-electron chi connectivity index (χ3n) is 5.22. The molecular weight excluding hydrogens is 412 g/mol. The van der Waals surface area contributed by atoms with Gasteiger partial charge in [-0.3, -0.25) is 4.79 Å². The highest BCUT2D eigenvalue weighted by molar-refractivity contribution is 6.30. The lowest BCUT2D eigenvalue weighted by atomic mass is 10.1. The van der Waals surface area contributed by atoms with Crippen LogP contribution in [0.1, 0.15) is 21.5 Å². The molecule has 4 rings (SSSR count). The second kappa shape index (κ2) is 9.50. The number of anilines is 1. The van der Waals surface area contributed by atoms with Gasteiger partial charge in [0, 0.05) is 43.5 Å². The zero-order valence-electron chi connectivity index (χ0n) is 16.9. The van der Waals surface area contributed by atoms with E-state index in [1.165, 1.54) is 0 Å². The monoisotopic (exact) mass is 432 g/mol. The van der Waals surface area contributed by atoms with Gasteiger partial charge in [-0.05, 0) is 36.4 Å². The molecular formula is C24H21ClN4O2. The van der Waals surface area contributed by atoms with Gasteiger partial charge in [0.2, 0.25) is 0 Å². The van der Waals surface area contributed by atoms with Crippen LogP contribution in [0.2, 0.25) is 5.02 Å². The van der Waals surface area contributed by atoms with Crippen molar-refractivity contribution in [2.75, 3.05) is 31.1 Å². The maximum absolute atomic E-state index is 13.0. The van der Waals surface area contributed by atoms with Gasteiger partial charge < -0.3 is 14.5 Å². The first-order valence-corrected chi connectivity index (χ1v) is 10.4. The number of ether oxygens (including phenoxy) is 1. The lowest BCUT2D eigenvalue weighted by Gasteiger charge is -2.35. The zero-order valence-corrected chi connectivity index (χ0v) is 17.6. The largest absolute Gasteiger partial charge is 0.489 e. The highest BCUT2D eigenvalue weighted by atomic mass is 35.5. The summed E-state index contributed by atoms with van der Waals surface area (Å²) in [6.07, 6.45) is 1.63. The minimum Gasteiger partial charge on any atom is -0.489 e. The molecule has 2 aromatic carbocycles. The molecule has 2 heterocycles. The average Bonchev–Trinajstić information content (AvgIpc) is 2.83. The molecule has 1 saturated heterocycles. The summed E-state index contributed by atoms with van der Waals surface area (Å²) in [7, 11) is 0. The van der Waals surface area contributed by atoms with Crippen molar-refractivity contribution in [3.05, 3.63) is 88.6 Å². The third-order valence-corrected chi connectivity index (χ3v) is 5.44. The van der Waals surface area contributed by atoms with Crippen LogP contribution in [0.25, 0.3) is 0 Å². The number of nitrogens with zero attached hydrogens (tertiary/aromatic N) is 4. The number of carbonyl (C=O) groups is 1. The van der Waals surface area contributed by atoms with Crippen LogP contribution < -0.4 is 9.64 Å². The number of benzene rings is 2. The summed E-state index contributed by atoms with van der Waals surface area (Å²) in [5.41, 5.74) is 1.99. The van der Waals surface area contributed by atoms with Gasteiger partial charge in [-0.2, -0.15) is 5.26 Å². The molecule has 0 bridgehead atoms. The van der Waals surface area contributed by atoms with Gasteiger partial charge in [0.05, 0.1) is 16.7 Å². The standard InChI is InChI=1S/C24H21ClN4O2/c25-21-8-9-23(27-16-21)28-10-12-29(13-11-28)24(30)18-6-3-7-22(14-18)31-17-20-5-2-1-4-19(20)15-26/h1-9,14,16H,10-13,17H2. The number of aromatic nitrogens is 1. The molecule has 0 radical (unpaired) electrons. The van der Waals surface area contributed by atoms with Gasteiger partial charge in [0.15, 0.2) is 0 Å². The fraction of sp³-hybridized carbons (Fsp3) is 0.208. The Bertz CT molecular complexity index is 1100. The number of halogens is 1. The van der Waals surface area contributed by atoms with Gasteiger partial charge in [-0.25, -0.2) is 4.98 Å². The fourth-order valence-electron chi connectivity index (χ4n) is 3.51. The Morgan fingerprint density at radius 2 is 1.87 bits per heavy atom. The van der Waals surface area contributed by atoms with Crippen LogP contribution in [0.15, 0.2) is 66.9 Å². The molecule has 0 spiro atoms. The Kier molecular flexibility index (Phi) is 6.34.